The summed E-state index contributed by atoms with van der Waals surface area (Å²) < 4.78 is 23.5. The number of carboxylic acid groups (broad SMARTS) is 1. The van der Waals surface area contributed by atoms with Crippen molar-refractivity contribution in [3.05, 3.63) is 0 Å². The number of rotatable bonds is 2. The van der Waals surface area contributed by atoms with Crippen molar-refractivity contribution in [2.24, 2.45) is 5.92 Å². The standard InChI is InChI=1S/C9H12FNO4S/c1-9(2)5(8(13)14)11-6(12)4(3-10)7(11)16(9)15/h4-5,7H,3H2,1-2H3,(H,13,14)/t4-,5+,7-,16?/m1/s1. The molecular formula is C9H12FNO4S. The molecule has 0 bridgehead atoms. The smallest absolute Gasteiger partial charge is 0.332 e. The first kappa shape index (κ1) is 11.7. The van der Waals surface area contributed by atoms with Crippen molar-refractivity contribution in [2.45, 2.75) is 30.0 Å². The molecule has 4 atom stereocenters. The van der Waals surface area contributed by atoms with Gasteiger partial charge in [0.2, 0.25) is 11.3 Å². The van der Waals surface area contributed by atoms with E-state index in [-0.39, 0.29) is 0 Å². The Bertz CT molecular complexity index is 361. The van der Waals surface area contributed by atoms with Crippen LogP contribution in [-0.2, 0) is 20.8 Å². The first-order valence-corrected chi connectivity index (χ1v) is 6.07. The van der Waals surface area contributed by atoms with Crippen molar-refractivity contribution >= 4 is 23.1 Å². The lowest BCUT2D eigenvalue weighted by atomic mass is 9.93. The maximum atomic E-state index is 12.6. The Kier molecular flexibility index (Phi) is 2.43. The summed E-state index contributed by atoms with van der Waals surface area (Å²) >= 11 is -1.54. The zero-order valence-corrected chi connectivity index (χ0v) is 9.66. The number of carbonyl (C=O) groups excluding carboxylic acids is 1. The molecule has 1 amide bonds. The molecule has 0 spiro atoms. The molecule has 16 heavy (non-hydrogen) atoms. The molecule has 7 heteroatoms. The highest BCUT2D eigenvalue weighted by atomic mass is 32.2. The van der Waals surface area contributed by atoms with E-state index < -0.39 is 51.8 Å². The molecule has 0 aromatic heterocycles. The van der Waals surface area contributed by atoms with Crippen LogP contribution < -0.4 is 0 Å². The number of hydrogen-bond acceptors (Lipinski definition) is 3. The number of amides is 1. The third kappa shape index (κ3) is 1.15. The van der Waals surface area contributed by atoms with Gasteiger partial charge in [-0.05, 0) is 25.0 Å². The van der Waals surface area contributed by atoms with E-state index in [1.165, 1.54) is 13.8 Å². The Morgan fingerprint density at radius 2 is 2.25 bits per heavy atom. The normalized spacial score (nSPS) is 40.5. The Morgan fingerprint density at radius 1 is 1.69 bits per heavy atom. The average molecular weight is 249 g/mol. The van der Waals surface area contributed by atoms with Crippen LogP contribution in [0.2, 0.25) is 0 Å². The van der Waals surface area contributed by atoms with Crippen LogP contribution in [0, 0.1) is 5.92 Å². The molecule has 1 unspecified atom stereocenters. The summed E-state index contributed by atoms with van der Waals surface area (Å²) in [5, 5.41) is 8.27. The average Bonchev–Trinajstić information content (AvgIpc) is 2.36. The molecule has 0 saturated carbocycles. The summed E-state index contributed by atoms with van der Waals surface area (Å²) in [6.45, 7) is 2.18. The quantitative estimate of drug-likeness (QED) is 0.540. The number of hydrogen-bond donors (Lipinski definition) is 1. The summed E-state index contributed by atoms with van der Waals surface area (Å²) in [5.74, 6) is -2.66. The van der Waals surface area contributed by atoms with Crippen molar-refractivity contribution < 1.29 is 23.6 Å². The second-order valence-electron chi connectivity index (χ2n) is 4.54. The van der Waals surface area contributed by atoms with Crippen molar-refractivity contribution in [1.29, 1.82) is 0 Å². The molecule has 0 radical (unpaired) electrons. The van der Waals surface area contributed by atoms with Gasteiger partial charge in [0, 0.05) is 0 Å². The number of carboxylic acids is 1. The van der Waals surface area contributed by atoms with Gasteiger partial charge >= 0.3 is 5.97 Å². The number of nitrogens with zero attached hydrogens (tertiary/aromatic N) is 1. The van der Waals surface area contributed by atoms with Gasteiger partial charge in [0.25, 0.3) is 0 Å². The van der Waals surface area contributed by atoms with Crippen molar-refractivity contribution in [1.82, 2.24) is 4.90 Å². The molecule has 90 valence electrons. The van der Waals surface area contributed by atoms with Crippen LogP contribution in [0.3, 0.4) is 0 Å². The highest BCUT2D eigenvalue weighted by Gasteiger charge is 2.72. The minimum absolute atomic E-state index is 0.543. The molecular weight excluding hydrogens is 237 g/mol. The summed E-state index contributed by atoms with van der Waals surface area (Å²) in [6, 6.07) is -1.12. The van der Waals surface area contributed by atoms with Crippen LogP contribution in [-0.4, -0.2) is 49.3 Å². The first-order chi connectivity index (χ1) is 7.34. The van der Waals surface area contributed by atoms with Crippen LogP contribution in [0.15, 0.2) is 0 Å². The third-order valence-electron chi connectivity index (χ3n) is 3.26. The van der Waals surface area contributed by atoms with E-state index in [0.29, 0.717) is 0 Å². The molecule has 2 heterocycles. The largest absolute Gasteiger partial charge is 0.614 e. The van der Waals surface area contributed by atoms with E-state index in [9.17, 15) is 18.5 Å². The zero-order valence-electron chi connectivity index (χ0n) is 8.84. The summed E-state index contributed by atoms with van der Waals surface area (Å²) in [5.41, 5.74) is 0. The zero-order chi connectivity index (χ0) is 12.2. The van der Waals surface area contributed by atoms with Crippen LogP contribution in [0.5, 0.6) is 0 Å². The number of fused-ring (bicyclic) bond motifs is 1. The van der Waals surface area contributed by atoms with Crippen molar-refractivity contribution in [3.8, 4) is 0 Å². The fourth-order valence-corrected chi connectivity index (χ4v) is 4.37. The minimum Gasteiger partial charge on any atom is -0.614 e. The number of carbonyl (C=O) groups is 2. The van der Waals surface area contributed by atoms with Crippen LogP contribution in [0.4, 0.5) is 4.39 Å². The molecule has 2 aliphatic rings. The van der Waals surface area contributed by atoms with Gasteiger partial charge in [-0.15, -0.1) is 0 Å². The fourth-order valence-electron chi connectivity index (χ4n) is 2.39. The molecule has 0 aromatic rings. The number of halogens is 1. The summed E-state index contributed by atoms with van der Waals surface area (Å²) in [7, 11) is 0. The maximum Gasteiger partial charge on any atom is 0.332 e. The second-order valence-corrected chi connectivity index (χ2v) is 6.67. The van der Waals surface area contributed by atoms with Crippen LogP contribution in [0.25, 0.3) is 0 Å². The predicted molar refractivity (Wildman–Crippen MR) is 53.7 cm³/mol. The predicted octanol–water partition coefficient (Wildman–Crippen LogP) is -0.265. The highest BCUT2D eigenvalue weighted by Crippen LogP contribution is 2.48. The monoisotopic (exact) mass is 249 g/mol. The van der Waals surface area contributed by atoms with Gasteiger partial charge in [-0.25, -0.2) is 9.18 Å². The molecule has 1 N–H and O–H groups in total. The summed E-state index contributed by atoms with van der Waals surface area (Å²) in [4.78, 5) is 23.6. The van der Waals surface area contributed by atoms with E-state index in [1.54, 1.807) is 0 Å². The van der Waals surface area contributed by atoms with Crippen LogP contribution >= 0.6 is 0 Å². The number of alkyl halides is 1. The molecule has 0 aromatic carbocycles. The number of β-lactam (4-membered cyclic amide) rings is 1. The molecule has 2 rings (SSSR count). The molecule has 2 fully saturated rings. The highest BCUT2D eigenvalue weighted by molar-refractivity contribution is 7.93. The Balaban J connectivity index is 2.37. The van der Waals surface area contributed by atoms with Gasteiger partial charge in [0.05, 0.1) is 0 Å². The first-order valence-electron chi connectivity index (χ1n) is 4.85. The Hall–Kier alpha value is -0.820. The van der Waals surface area contributed by atoms with Gasteiger partial charge in [0.15, 0.2) is 10.8 Å². The van der Waals surface area contributed by atoms with Gasteiger partial charge in [-0.1, -0.05) is 0 Å². The van der Waals surface area contributed by atoms with Gasteiger partial charge in [0.1, 0.15) is 12.6 Å². The van der Waals surface area contributed by atoms with E-state index in [0.717, 1.165) is 4.90 Å². The van der Waals surface area contributed by atoms with E-state index >= 15 is 0 Å². The van der Waals surface area contributed by atoms with Gasteiger partial charge in [-0.3, -0.25) is 9.69 Å². The third-order valence-corrected chi connectivity index (χ3v) is 5.52. The lowest BCUT2D eigenvalue weighted by Crippen LogP contribution is -2.64. The number of aliphatic carboxylic acids is 1. The SMILES string of the molecule is CC1(C)[C@H](C(=O)O)N2C(=O)[C@@H](CF)[C@H]2[S+]1[O-]. The lowest BCUT2D eigenvalue weighted by molar-refractivity contribution is -0.164. The second kappa shape index (κ2) is 3.33. The van der Waals surface area contributed by atoms with Crippen LogP contribution in [0.1, 0.15) is 13.8 Å². The van der Waals surface area contributed by atoms with Crippen molar-refractivity contribution in [2.75, 3.05) is 6.67 Å². The van der Waals surface area contributed by atoms with E-state index in [1.807, 2.05) is 0 Å². The maximum absolute atomic E-state index is 12.6. The van der Waals surface area contributed by atoms with Gasteiger partial charge < -0.3 is 9.66 Å². The molecule has 2 aliphatic heterocycles. The van der Waals surface area contributed by atoms with E-state index in [2.05, 4.69) is 0 Å². The minimum atomic E-state index is -1.54. The lowest BCUT2D eigenvalue weighted by Gasteiger charge is -2.39. The molecule has 5 nitrogen and oxygen atoms in total. The Labute approximate surface area is 94.8 Å². The van der Waals surface area contributed by atoms with E-state index in [4.69, 9.17) is 5.11 Å². The summed E-state index contributed by atoms with van der Waals surface area (Å²) in [6.07, 6.45) is 0. The fraction of sp³-hybridized carbons (Fsp3) is 0.778. The molecule has 2 saturated heterocycles. The van der Waals surface area contributed by atoms with Gasteiger partial charge in [-0.2, -0.15) is 0 Å². The molecule has 0 aliphatic carbocycles. The Morgan fingerprint density at radius 3 is 2.69 bits per heavy atom. The van der Waals surface area contributed by atoms with Crippen molar-refractivity contribution in [3.63, 3.8) is 0 Å². The topological polar surface area (TPSA) is 80.7 Å².